The van der Waals surface area contributed by atoms with Crippen LogP contribution in [0.15, 0.2) is 22.2 Å². The summed E-state index contributed by atoms with van der Waals surface area (Å²) in [5.74, 6) is -0.701. The van der Waals surface area contributed by atoms with Gasteiger partial charge in [0.25, 0.3) is 5.91 Å². The average Bonchev–Trinajstić information content (AvgIpc) is 3.08. The first-order valence-electron chi connectivity index (χ1n) is 6.01. The molecule has 20 heavy (non-hydrogen) atoms. The molecule has 0 aliphatic rings. The van der Waals surface area contributed by atoms with Crippen LogP contribution >= 0.6 is 22.7 Å². The predicted octanol–water partition coefficient (Wildman–Crippen LogP) is 2.51. The zero-order valence-corrected chi connectivity index (χ0v) is 12.8. The summed E-state index contributed by atoms with van der Waals surface area (Å²) in [7, 11) is 1.56. The normalized spacial score (nSPS) is 10.3. The predicted molar refractivity (Wildman–Crippen MR) is 79.0 cm³/mol. The van der Waals surface area contributed by atoms with Crippen LogP contribution in [0.2, 0.25) is 0 Å². The van der Waals surface area contributed by atoms with E-state index in [1.54, 1.807) is 30.7 Å². The molecule has 0 fully saturated rings. The molecule has 2 heterocycles. The van der Waals surface area contributed by atoms with E-state index in [0.717, 1.165) is 10.6 Å². The number of nitrogens with zero attached hydrogens (tertiary/aromatic N) is 2. The summed E-state index contributed by atoms with van der Waals surface area (Å²) >= 11 is 3.00. The standard InChI is InChI=1S/C13H14N2O3S2/c1-3-18-11(16)6-15(2)13(17)10-8-20-12(14-10)9-4-5-19-7-9/h4-5,7-8H,3,6H2,1-2H3. The Labute approximate surface area is 124 Å². The van der Waals surface area contributed by atoms with Crippen LogP contribution in [0.25, 0.3) is 10.6 Å². The maximum absolute atomic E-state index is 12.1. The van der Waals surface area contributed by atoms with Gasteiger partial charge >= 0.3 is 5.97 Å². The Morgan fingerprint density at radius 1 is 1.40 bits per heavy atom. The van der Waals surface area contributed by atoms with Crippen molar-refractivity contribution in [3.63, 3.8) is 0 Å². The van der Waals surface area contributed by atoms with Gasteiger partial charge in [-0.2, -0.15) is 11.3 Å². The molecule has 0 N–H and O–H groups in total. The molecule has 1 amide bonds. The van der Waals surface area contributed by atoms with E-state index >= 15 is 0 Å². The van der Waals surface area contributed by atoms with Crippen LogP contribution in [-0.2, 0) is 9.53 Å². The first kappa shape index (κ1) is 14.7. The Kier molecular flexibility index (Phi) is 4.86. The number of amides is 1. The third kappa shape index (κ3) is 3.43. The highest BCUT2D eigenvalue weighted by Crippen LogP contribution is 2.25. The first-order chi connectivity index (χ1) is 9.61. The molecular formula is C13H14N2O3S2. The van der Waals surface area contributed by atoms with Gasteiger partial charge in [0.05, 0.1) is 6.61 Å². The van der Waals surface area contributed by atoms with Gasteiger partial charge in [0.15, 0.2) is 0 Å². The van der Waals surface area contributed by atoms with Crippen molar-refractivity contribution in [1.82, 2.24) is 9.88 Å². The number of hydrogen-bond acceptors (Lipinski definition) is 6. The fourth-order valence-electron chi connectivity index (χ4n) is 1.56. The fourth-order valence-corrected chi connectivity index (χ4v) is 3.06. The third-order valence-corrected chi connectivity index (χ3v) is 4.08. The molecule has 5 nitrogen and oxygen atoms in total. The molecule has 2 aromatic rings. The van der Waals surface area contributed by atoms with Crippen LogP contribution in [0.3, 0.4) is 0 Å². The van der Waals surface area contributed by atoms with E-state index in [9.17, 15) is 9.59 Å². The lowest BCUT2D eigenvalue weighted by atomic mass is 10.3. The zero-order valence-electron chi connectivity index (χ0n) is 11.2. The summed E-state index contributed by atoms with van der Waals surface area (Å²) < 4.78 is 4.81. The Morgan fingerprint density at radius 3 is 2.85 bits per heavy atom. The number of esters is 1. The molecule has 0 bridgehead atoms. The van der Waals surface area contributed by atoms with Crippen molar-refractivity contribution in [3.05, 3.63) is 27.9 Å². The molecule has 0 aromatic carbocycles. The molecule has 7 heteroatoms. The van der Waals surface area contributed by atoms with E-state index in [1.165, 1.54) is 16.2 Å². The van der Waals surface area contributed by atoms with Crippen LogP contribution < -0.4 is 0 Å². The maximum atomic E-state index is 12.1. The minimum Gasteiger partial charge on any atom is -0.465 e. The lowest BCUT2D eigenvalue weighted by molar-refractivity contribution is -0.143. The Hall–Kier alpha value is -1.73. The number of carbonyl (C=O) groups is 2. The van der Waals surface area contributed by atoms with Crippen LogP contribution in [-0.4, -0.2) is 42.0 Å². The number of likely N-dealkylation sites (N-methyl/N-ethyl adjacent to an activating group) is 1. The lowest BCUT2D eigenvalue weighted by Gasteiger charge is -2.14. The minimum atomic E-state index is -0.420. The SMILES string of the molecule is CCOC(=O)CN(C)C(=O)c1csc(-c2ccsc2)n1. The number of carbonyl (C=O) groups excluding carboxylic acids is 2. The topological polar surface area (TPSA) is 59.5 Å². The second-order valence-electron chi connectivity index (χ2n) is 4.02. The molecular weight excluding hydrogens is 296 g/mol. The van der Waals surface area contributed by atoms with Gasteiger partial charge in [0.1, 0.15) is 17.2 Å². The van der Waals surface area contributed by atoms with Gasteiger partial charge in [-0.15, -0.1) is 11.3 Å². The van der Waals surface area contributed by atoms with E-state index in [4.69, 9.17) is 4.74 Å². The number of thiophene rings is 1. The maximum Gasteiger partial charge on any atom is 0.325 e. The largest absolute Gasteiger partial charge is 0.465 e. The van der Waals surface area contributed by atoms with Crippen LogP contribution in [0, 0.1) is 0 Å². The molecule has 0 radical (unpaired) electrons. The summed E-state index contributed by atoms with van der Waals surface area (Å²) in [6, 6.07) is 1.96. The average molecular weight is 310 g/mol. The Balaban J connectivity index is 2.04. The van der Waals surface area contributed by atoms with E-state index in [1.807, 2.05) is 16.8 Å². The van der Waals surface area contributed by atoms with E-state index in [0.29, 0.717) is 12.3 Å². The molecule has 2 aromatic heterocycles. The van der Waals surface area contributed by atoms with Gasteiger partial charge in [-0.3, -0.25) is 9.59 Å². The highest BCUT2D eigenvalue weighted by Gasteiger charge is 2.18. The van der Waals surface area contributed by atoms with E-state index < -0.39 is 5.97 Å². The molecule has 0 aliphatic heterocycles. The van der Waals surface area contributed by atoms with Crippen molar-refractivity contribution >= 4 is 34.6 Å². The second kappa shape index (κ2) is 6.62. The van der Waals surface area contributed by atoms with Crippen LogP contribution in [0.5, 0.6) is 0 Å². The number of thiazole rings is 1. The van der Waals surface area contributed by atoms with E-state index in [2.05, 4.69) is 4.98 Å². The van der Waals surface area contributed by atoms with Gasteiger partial charge in [-0.25, -0.2) is 4.98 Å². The summed E-state index contributed by atoms with van der Waals surface area (Å²) in [6.07, 6.45) is 0. The molecule has 0 unspecified atom stereocenters. The summed E-state index contributed by atoms with van der Waals surface area (Å²) in [5, 5.41) is 6.46. The molecule has 0 spiro atoms. The molecule has 2 rings (SSSR count). The molecule has 0 saturated carbocycles. The third-order valence-electron chi connectivity index (χ3n) is 2.51. The van der Waals surface area contributed by atoms with Gasteiger partial charge in [-0.1, -0.05) is 0 Å². The first-order valence-corrected chi connectivity index (χ1v) is 7.83. The second-order valence-corrected chi connectivity index (χ2v) is 5.65. The highest BCUT2D eigenvalue weighted by atomic mass is 32.1. The van der Waals surface area contributed by atoms with Gasteiger partial charge in [0.2, 0.25) is 0 Å². The summed E-state index contributed by atoms with van der Waals surface area (Å²) in [4.78, 5) is 29.1. The molecule has 0 saturated heterocycles. The van der Waals surface area contributed by atoms with Crippen molar-refractivity contribution < 1.29 is 14.3 Å². The van der Waals surface area contributed by atoms with Crippen molar-refractivity contribution in [3.8, 4) is 10.6 Å². The summed E-state index contributed by atoms with van der Waals surface area (Å²) in [6.45, 7) is 1.96. The zero-order chi connectivity index (χ0) is 14.5. The lowest BCUT2D eigenvalue weighted by Crippen LogP contribution is -2.33. The van der Waals surface area contributed by atoms with Gasteiger partial charge < -0.3 is 9.64 Å². The molecule has 0 atom stereocenters. The monoisotopic (exact) mass is 310 g/mol. The van der Waals surface area contributed by atoms with Crippen molar-refractivity contribution in [2.24, 2.45) is 0 Å². The van der Waals surface area contributed by atoms with Gasteiger partial charge in [-0.05, 0) is 18.4 Å². The number of rotatable bonds is 5. The van der Waals surface area contributed by atoms with Crippen molar-refractivity contribution in [2.75, 3.05) is 20.2 Å². The number of aromatic nitrogens is 1. The van der Waals surface area contributed by atoms with Crippen LogP contribution in [0.1, 0.15) is 17.4 Å². The number of ether oxygens (including phenoxy) is 1. The summed E-state index contributed by atoms with van der Waals surface area (Å²) in [5.41, 5.74) is 1.36. The Morgan fingerprint density at radius 2 is 2.20 bits per heavy atom. The van der Waals surface area contributed by atoms with Crippen molar-refractivity contribution in [1.29, 1.82) is 0 Å². The number of hydrogen-bond donors (Lipinski definition) is 0. The fraction of sp³-hybridized carbons (Fsp3) is 0.308. The van der Waals surface area contributed by atoms with Gasteiger partial charge in [0, 0.05) is 23.4 Å². The van der Waals surface area contributed by atoms with Crippen molar-refractivity contribution in [2.45, 2.75) is 6.92 Å². The Bertz CT molecular complexity index is 593. The quantitative estimate of drug-likeness (QED) is 0.796. The molecule has 0 aliphatic carbocycles. The smallest absolute Gasteiger partial charge is 0.325 e. The highest BCUT2D eigenvalue weighted by molar-refractivity contribution is 7.14. The van der Waals surface area contributed by atoms with E-state index in [-0.39, 0.29) is 12.5 Å². The van der Waals surface area contributed by atoms with Crippen LogP contribution in [0.4, 0.5) is 0 Å². The molecule has 106 valence electrons. The minimum absolute atomic E-state index is 0.0714.